The first kappa shape index (κ1) is 19.0. The molecule has 0 unspecified atom stereocenters. The highest BCUT2D eigenvalue weighted by Crippen LogP contribution is 2.48. The molecule has 1 amide bonds. The van der Waals surface area contributed by atoms with E-state index in [1.807, 2.05) is 30.3 Å². The molecule has 4 rings (SSSR count). The van der Waals surface area contributed by atoms with E-state index in [1.54, 1.807) is 19.2 Å². The van der Waals surface area contributed by atoms with E-state index >= 15 is 0 Å². The summed E-state index contributed by atoms with van der Waals surface area (Å²) in [6.07, 6.45) is 1.45. The standard InChI is InChI=1S/C22H21FN2O4/c1-27-18-4-2-3-15(13-18)19-14-20(25-29-19)22(9-10-22)21(26)24-11-12-28-17-7-5-16(23)6-8-17/h2-8,13-14H,9-12H2,1H3,(H,24,26). The molecule has 1 aliphatic rings. The second-order valence-corrected chi connectivity index (χ2v) is 6.95. The highest BCUT2D eigenvalue weighted by atomic mass is 19.1. The van der Waals surface area contributed by atoms with Crippen LogP contribution in [-0.2, 0) is 10.2 Å². The molecule has 0 bridgehead atoms. The van der Waals surface area contributed by atoms with Crippen molar-refractivity contribution in [2.45, 2.75) is 18.3 Å². The van der Waals surface area contributed by atoms with Gasteiger partial charge < -0.3 is 19.3 Å². The summed E-state index contributed by atoms with van der Waals surface area (Å²) in [7, 11) is 1.61. The molecule has 1 fully saturated rings. The lowest BCUT2D eigenvalue weighted by Crippen LogP contribution is -2.37. The van der Waals surface area contributed by atoms with Gasteiger partial charge in [-0.15, -0.1) is 0 Å². The van der Waals surface area contributed by atoms with Gasteiger partial charge in [-0.2, -0.15) is 0 Å². The maximum absolute atomic E-state index is 12.9. The summed E-state index contributed by atoms with van der Waals surface area (Å²) in [5.41, 5.74) is 0.829. The summed E-state index contributed by atoms with van der Waals surface area (Å²) < 4.78 is 29.1. The molecular weight excluding hydrogens is 375 g/mol. The van der Waals surface area contributed by atoms with Crippen LogP contribution in [0, 0.1) is 5.82 Å². The lowest BCUT2D eigenvalue weighted by Gasteiger charge is -2.13. The predicted octanol–water partition coefficient (Wildman–Crippen LogP) is 3.72. The van der Waals surface area contributed by atoms with Crippen molar-refractivity contribution >= 4 is 5.91 Å². The number of aromatic nitrogens is 1. The van der Waals surface area contributed by atoms with Gasteiger partial charge in [0.05, 0.1) is 24.8 Å². The Hall–Kier alpha value is -3.35. The Morgan fingerprint density at radius 2 is 1.97 bits per heavy atom. The van der Waals surface area contributed by atoms with E-state index in [2.05, 4.69) is 10.5 Å². The molecule has 3 aromatic rings. The zero-order valence-corrected chi connectivity index (χ0v) is 16.0. The average Bonchev–Trinajstić information content (AvgIpc) is 3.42. The van der Waals surface area contributed by atoms with Crippen molar-refractivity contribution in [3.05, 3.63) is 66.1 Å². The quantitative estimate of drug-likeness (QED) is 0.588. The zero-order chi connectivity index (χ0) is 20.3. The number of amides is 1. The predicted molar refractivity (Wildman–Crippen MR) is 104 cm³/mol. The molecule has 7 heteroatoms. The first-order chi connectivity index (χ1) is 14.1. The molecule has 150 valence electrons. The highest BCUT2D eigenvalue weighted by molar-refractivity contribution is 5.91. The summed E-state index contributed by atoms with van der Waals surface area (Å²) >= 11 is 0. The molecule has 0 atom stereocenters. The fourth-order valence-electron chi connectivity index (χ4n) is 3.17. The van der Waals surface area contributed by atoms with Crippen molar-refractivity contribution in [3.8, 4) is 22.8 Å². The van der Waals surface area contributed by atoms with E-state index < -0.39 is 5.41 Å². The van der Waals surface area contributed by atoms with E-state index in [0.29, 0.717) is 30.4 Å². The van der Waals surface area contributed by atoms with Crippen LogP contribution in [0.15, 0.2) is 59.1 Å². The molecule has 2 aromatic carbocycles. The first-order valence-corrected chi connectivity index (χ1v) is 9.39. The molecule has 1 N–H and O–H groups in total. The number of halogens is 1. The lowest BCUT2D eigenvalue weighted by atomic mass is 10.0. The fraction of sp³-hybridized carbons (Fsp3) is 0.273. The normalized spacial score (nSPS) is 14.3. The highest BCUT2D eigenvalue weighted by Gasteiger charge is 2.53. The largest absolute Gasteiger partial charge is 0.497 e. The van der Waals surface area contributed by atoms with E-state index in [4.69, 9.17) is 14.0 Å². The van der Waals surface area contributed by atoms with E-state index in [-0.39, 0.29) is 11.7 Å². The van der Waals surface area contributed by atoms with Gasteiger partial charge in [-0.05, 0) is 49.2 Å². The van der Waals surface area contributed by atoms with Gasteiger partial charge in [0, 0.05) is 11.6 Å². The number of rotatable bonds is 8. The Kier molecular flexibility index (Phi) is 5.20. The molecule has 0 spiro atoms. The van der Waals surface area contributed by atoms with Crippen molar-refractivity contribution in [2.75, 3.05) is 20.3 Å². The topological polar surface area (TPSA) is 73.6 Å². The molecule has 29 heavy (non-hydrogen) atoms. The number of carbonyl (C=O) groups is 1. The third-order valence-corrected chi connectivity index (χ3v) is 5.01. The Morgan fingerprint density at radius 3 is 2.69 bits per heavy atom. The molecule has 1 aliphatic carbocycles. The number of benzene rings is 2. The van der Waals surface area contributed by atoms with Crippen LogP contribution in [0.1, 0.15) is 18.5 Å². The van der Waals surface area contributed by atoms with Gasteiger partial charge in [0.1, 0.15) is 23.9 Å². The van der Waals surface area contributed by atoms with Crippen LogP contribution in [0.5, 0.6) is 11.5 Å². The fourth-order valence-corrected chi connectivity index (χ4v) is 3.17. The summed E-state index contributed by atoms with van der Waals surface area (Å²) in [6.45, 7) is 0.639. The van der Waals surface area contributed by atoms with Crippen molar-refractivity contribution in [1.82, 2.24) is 10.5 Å². The van der Waals surface area contributed by atoms with E-state index in [1.165, 1.54) is 12.1 Å². The van der Waals surface area contributed by atoms with E-state index in [0.717, 1.165) is 24.2 Å². The van der Waals surface area contributed by atoms with Gasteiger partial charge in [-0.3, -0.25) is 4.79 Å². The Labute approximate surface area is 167 Å². The second kappa shape index (κ2) is 7.95. The molecule has 0 radical (unpaired) electrons. The molecule has 1 heterocycles. The number of carbonyl (C=O) groups excluding carboxylic acids is 1. The molecule has 0 aliphatic heterocycles. The number of nitrogens with zero attached hydrogens (tertiary/aromatic N) is 1. The van der Waals surface area contributed by atoms with Gasteiger partial charge in [0.15, 0.2) is 5.76 Å². The summed E-state index contributed by atoms with van der Waals surface area (Å²) in [6, 6.07) is 15.1. The number of ether oxygens (including phenoxy) is 2. The molecule has 6 nitrogen and oxygen atoms in total. The molecule has 1 aromatic heterocycles. The van der Waals surface area contributed by atoms with Crippen LogP contribution in [0.2, 0.25) is 0 Å². The number of methoxy groups -OCH3 is 1. The molecule has 0 saturated heterocycles. The number of hydrogen-bond donors (Lipinski definition) is 1. The Balaban J connectivity index is 1.35. The van der Waals surface area contributed by atoms with Gasteiger partial charge in [-0.1, -0.05) is 17.3 Å². The van der Waals surface area contributed by atoms with Crippen molar-refractivity contribution in [2.24, 2.45) is 0 Å². The van der Waals surface area contributed by atoms with Crippen LogP contribution in [0.3, 0.4) is 0 Å². The lowest BCUT2D eigenvalue weighted by molar-refractivity contribution is -0.123. The van der Waals surface area contributed by atoms with Crippen molar-refractivity contribution in [3.63, 3.8) is 0 Å². The SMILES string of the molecule is COc1cccc(-c2cc(C3(C(=O)NCCOc4ccc(F)cc4)CC3)no2)c1. The Morgan fingerprint density at radius 1 is 1.17 bits per heavy atom. The summed E-state index contributed by atoms with van der Waals surface area (Å²) in [5, 5.41) is 7.04. The van der Waals surface area contributed by atoms with Crippen molar-refractivity contribution < 1.29 is 23.2 Å². The molecular formula is C22H21FN2O4. The van der Waals surface area contributed by atoms with Crippen LogP contribution in [-0.4, -0.2) is 31.3 Å². The third-order valence-electron chi connectivity index (χ3n) is 5.01. The Bertz CT molecular complexity index is 996. The monoisotopic (exact) mass is 396 g/mol. The van der Waals surface area contributed by atoms with Crippen LogP contribution < -0.4 is 14.8 Å². The minimum atomic E-state index is -0.642. The number of hydrogen-bond acceptors (Lipinski definition) is 5. The minimum Gasteiger partial charge on any atom is -0.497 e. The van der Waals surface area contributed by atoms with Crippen molar-refractivity contribution in [1.29, 1.82) is 0 Å². The zero-order valence-electron chi connectivity index (χ0n) is 16.0. The smallest absolute Gasteiger partial charge is 0.232 e. The van der Waals surface area contributed by atoms with Gasteiger partial charge in [-0.25, -0.2) is 4.39 Å². The minimum absolute atomic E-state index is 0.0919. The second-order valence-electron chi connectivity index (χ2n) is 6.95. The van der Waals surface area contributed by atoms with Gasteiger partial charge >= 0.3 is 0 Å². The van der Waals surface area contributed by atoms with E-state index in [9.17, 15) is 9.18 Å². The van der Waals surface area contributed by atoms with Gasteiger partial charge in [0.2, 0.25) is 5.91 Å². The van der Waals surface area contributed by atoms with Crippen LogP contribution >= 0.6 is 0 Å². The number of nitrogens with one attached hydrogen (secondary N) is 1. The maximum Gasteiger partial charge on any atom is 0.232 e. The van der Waals surface area contributed by atoms with Gasteiger partial charge in [0.25, 0.3) is 0 Å². The first-order valence-electron chi connectivity index (χ1n) is 9.39. The van der Waals surface area contributed by atoms with Crippen LogP contribution in [0.4, 0.5) is 4.39 Å². The summed E-state index contributed by atoms with van der Waals surface area (Å²) in [5.74, 6) is 1.47. The summed E-state index contributed by atoms with van der Waals surface area (Å²) in [4.78, 5) is 12.7. The molecule has 1 saturated carbocycles. The third kappa shape index (κ3) is 4.08. The average molecular weight is 396 g/mol. The maximum atomic E-state index is 12.9. The van der Waals surface area contributed by atoms with Crippen LogP contribution in [0.25, 0.3) is 11.3 Å².